The smallest absolute Gasteiger partial charge is 0.271 e. The fourth-order valence-corrected chi connectivity index (χ4v) is 3.08. The molecule has 0 aliphatic heterocycles. The van der Waals surface area contributed by atoms with E-state index in [0.717, 1.165) is 10.7 Å². The van der Waals surface area contributed by atoms with Gasteiger partial charge in [0.05, 0.1) is 21.3 Å². The number of aromatic nitrogens is 1. The predicted octanol–water partition coefficient (Wildman–Crippen LogP) is 3.76. The second-order valence-electron chi connectivity index (χ2n) is 5.56. The summed E-state index contributed by atoms with van der Waals surface area (Å²) in [6.45, 7) is 2.24. The van der Waals surface area contributed by atoms with E-state index >= 15 is 0 Å². The SMILES string of the molecule is Cc1nc(COc2cccc(C(=O)NNC(=O)c3ccccc3Cl)c2)cs1. The lowest BCUT2D eigenvalue weighted by Gasteiger charge is -2.10. The summed E-state index contributed by atoms with van der Waals surface area (Å²) in [7, 11) is 0. The molecule has 0 atom stereocenters. The van der Waals surface area contributed by atoms with Crippen molar-refractivity contribution in [2.45, 2.75) is 13.5 Å². The Balaban J connectivity index is 1.58. The van der Waals surface area contributed by atoms with Gasteiger partial charge in [0.2, 0.25) is 0 Å². The highest BCUT2D eigenvalue weighted by Gasteiger charge is 2.12. The number of halogens is 1. The van der Waals surface area contributed by atoms with Gasteiger partial charge in [-0.25, -0.2) is 4.98 Å². The standard InChI is InChI=1S/C19H16ClN3O3S/c1-12-21-14(11-27-12)10-26-15-6-4-5-13(9-15)18(24)22-23-19(25)16-7-2-3-8-17(16)20/h2-9,11H,10H2,1H3,(H,22,24)(H,23,25). The maximum atomic E-state index is 12.3. The molecule has 27 heavy (non-hydrogen) atoms. The van der Waals surface area contributed by atoms with Crippen LogP contribution in [-0.4, -0.2) is 16.8 Å². The molecule has 3 aromatic rings. The molecule has 0 fully saturated rings. The lowest BCUT2D eigenvalue weighted by molar-refractivity contribution is 0.0846. The minimum absolute atomic E-state index is 0.273. The highest BCUT2D eigenvalue weighted by Crippen LogP contribution is 2.17. The van der Waals surface area contributed by atoms with Crippen molar-refractivity contribution >= 4 is 34.8 Å². The van der Waals surface area contributed by atoms with E-state index in [1.165, 1.54) is 0 Å². The van der Waals surface area contributed by atoms with E-state index in [2.05, 4.69) is 15.8 Å². The number of nitrogens with zero attached hydrogens (tertiary/aromatic N) is 1. The first-order valence-corrected chi connectivity index (χ1v) is 9.28. The van der Waals surface area contributed by atoms with Gasteiger partial charge < -0.3 is 4.74 Å². The van der Waals surface area contributed by atoms with Crippen LogP contribution in [-0.2, 0) is 6.61 Å². The van der Waals surface area contributed by atoms with Gasteiger partial charge in [-0.05, 0) is 37.3 Å². The number of carbonyl (C=O) groups is 2. The summed E-state index contributed by atoms with van der Waals surface area (Å²) in [5, 5.41) is 3.20. The fraction of sp³-hybridized carbons (Fsp3) is 0.105. The number of rotatable bonds is 5. The summed E-state index contributed by atoms with van der Waals surface area (Å²) in [5.41, 5.74) is 6.17. The number of amides is 2. The van der Waals surface area contributed by atoms with Crippen LogP contribution >= 0.6 is 22.9 Å². The number of benzene rings is 2. The van der Waals surface area contributed by atoms with Crippen LogP contribution in [0, 0.1) is 6.92 Å². The van der Waals surface area contributed by atoms with Gasteiger partial charge in [-0.15, -0.1) is 11.3 Å². The van der Waals surface area contributed by atoms with Crippen molar-refractivity contribution in [3.8, 4) is 5.75 Å². The zero-order valence-electron chi connectivity index (χ0n) is 14.4. The summed E-state index contributed by atoms with van der Waals surface area (Å²) in [5.74, 6) is -0.434. The molecular formula is C19H16ClN3O3S. The number of hydrazine groups is 1. The molecule has 0 unspecified atom stereocenters. The Hall–Kier alpha value is -2.90. The summed E-state index contributed by atoms with van der Waals surface area (Å²) in [4.78, 5) is 28.7. The van der Waals surface area contributed by atoms with Crippen molar-refractivity contribution < 1.29 is 14.3 Å². The van der Waals surface area contributed by atoms with Crippen LogP contribution in [0.15, 0.2) is 53.9 Å². The second-order valence-corrected chi connectivity index (χ2v) is 7.03. The fourth-order valence-electron chi connectivity index (χ4n) is 2.26. The van der Waals surface area contributed by atoms with Gasteiger partial charge in [0.15, 0.2) is 0 Å². The summed E-state index contributed by atoms with van der Waals surface area (Å²) in [6, 6.07) is 13.2. The second kappa shape index (κ2) is 8.66. The number of ether oxygens (including phenoxy) is 1. The number of nitrogens with one attached hydrogen (secondary N) is 2. The van der Waals surface area contributed by atoms with Crippen LogP contribution in [0.4, 0.5) is 0 Å². The molecule has 1 aromatic heterocycles. The van der Waals surface area contributed by atoms with Gasteiger partial charge >= 0.3 is 0 Å². The molecule has 0 radical (unpaired) electrons. The number of hydrogen-bond acceptors (Lipinski definition) is 5. The summed E-state index contributed by atoms with van der Waals surface area (Å²) in [6.07, 6.45) is 0. The highest BCUT2D eigenvalue weighted by molar-refractivity contribution is 7.09. The van der Waals surface area contributed by atoms with E-state index in [-0.39, 0.29) is 5.56 Å². The van der Waals surface area contributed by atoms with Gasteiger partial charge in [0.25, 0.3) is 11.8 Å². The van der Waals surface area contributed by atoms with E-state index in [1.54, 1.807) is 59.9 Å². The van der Waals surface area contributed by atoms with E-state index in [9.17, 15) is 9.59 Å². The number of carbonyl (C=O) groups excluding carboxylic acids is 2. The molecule has 2 N–H and O–H groups in total. The minimum atomic E-state index is -0.500. The Morgan fingerprint density at radius 1 is 1.11 bits per heavy atom. The van der Waals surface area contributed by atoms with Gasteiger partial charge in [0, 0.05) is 10.9 Å². The van der Waals surface area contributed by atoms with Crippen molar-refractivity contribution in [3.63, 3.8) is 0 Å². The van der Waals surface area contributed by atoms with Gasteiger partial charge in [-0.3, -0.25) is 20.4 Å². The van der Waals surface area contributed by atoms with Crippen LogP contribution in [0.25, 0.3) is 0 Å². The average molecular weight is 402 g/mol. The molecule has 2 aromatic carbocycles. The third-order valence-electron chi connectivity index (χ3n) is 3.56. The van der Waals surface area contributed by atoms with Crippen molar-refractivity contribution in [3.05, 3.63) is 80.8 Å². The maximum Gasteiger partial charge on any atom is 0.271 e. The molecule has 8 heteroatoms. The predicted molar refractivity (Wildman–Crippen MR) is 104 cm³/mol. The first kappa shape index (κ1) is 18.9. The van der Waals surface area contributed by atoms with Crippen LogP contribution in [0.3, 0.4) is 0 Å². The molecule has 0 saturated heterocycles. The lowest BCUT2D eigenvalue weighted by atomic mass is 10.2. The van der Waals surface area contributed by atoms with Crippen molar-refractivity contribution in [2.24, 2.45) is 0 Å². The summed E-state index contributed by atoms with van der Waals surface area (Å²) >= 11 is 7.52. The molecule has 3 rings (SSSR count). The molecule has 138 valence electrons. The van der Waals surface area contributed by atoms with E-state index < -0.39 is 11.8 Å². The molecule has 0 aliphatic carbocycles. The number of aryl methyl sites for hydroxylation is 1. The van der Waals surface area contributed by atoms with Gasteiger partial charge in [0.1, 0.15) is 12.4 Å². The molecule has 0 spiro atoms. The molecule has 0 bridgehead atoms. The monoisotopic (exact) mass is 401 g/mol. The quantitative estimate of drug-likeness (QED) is 0.638. The normalized spacial score (nSPS) is 10.3. The van der Waals surface area contributed by atoms with Crippen molar-refractivity contribution in [1.29, 1.82) is 0 Å². The average Bonchev–Trinajstić information content (AvgIpc) is 3.10. The van der Waals surface area contributed by atoms with Gasteiger partial charge in [-0.1, -0.05) is 29.8 Å². The Morgan fingerprint density at radius 3 is 2.63 bits per heavy atom. The topological polar surface area (TPSA) is 80.3 Å². The van der Waals surface area contributed by atoms with Crippen LogP contribution in [0.1, 0.15) is 31.4 Å². The number of thiazole rings is 1. The molecule has 6 nitrogen and oxygen atoms in total. The third-order valence-corrected chi connectivity index (χ3v) is 4.71. The Morgan fingerprint density at radius 2 is 1.89 bits per heavy atom. The lowest BCUT2D eigenvalue weighted by Crippen LogP contribution is -2.41. The Bertz CT molecular complexity index is 974. The van der Waals surface area contributed by atoms with Crippen molar-refractivity contribution in [1.82, 2.24) is 15.8 Å². The maximum absolute atomic E-state index is 12.3. The molecule has 0 aliphatic rings. The zero-order valence-corrected chi connectivity index (χ0v) is 15.9. The van der Waals surface area contributed by atoms with Crippen molar-refractivity contribution in [2.75, 3.05) is 0 Å². The van der Waals surface area contributed by atoms with Crippen LogP contribution in [0.5, 0.6) is 5.75 Å². The zero-order chi connectivity index (χ0) is 19.2. The van der Waals surface area contributed by atoms with Gasteiger partial charge in [-0.2, -0.15) is 0 Å². The molecular weight excluding hydrogens is 386 g/mol. The first-order chi connectivity index (χ1) is 13.0. The number of hydrogen-bond donors (Lipinski definition) is 2. The van der Waals surface area contributed by atoms with E-state index in [0.29, 0.717) is 22.9 Å². The third kappa shape index (κ3) is 5.06. The van der Waals surface area contributed by atoms with E-state index in [1.807, 2.05) is 12.3 Å². The molecule has 1 heterocycles. The largest absolute Gasteiger partial charge is 0.487 e. The minimum Gasteiger partial charge on any atom is -0.487 e. The molecule has 2 amide bonds. The Kier molecular flexibility index (Phi) is 6.05. The highest BCUT2D eigenvalue weighted by atomic mass is 35.5. The first-order valence-electron chi connectivity index (χ1n) is 8.02. The molecule has 0 saturated carbocycles. The van der Waals surface area contributed by atoms with Crippen LogP contribution in [0.2, 0.25) is 5.02 Å². The van der Waals surface area contributed by atoms with Crippen LogP contribution < -0.4 is 15.6 Å². The van der Waals surface area contributed by atoms with E-state index in [4.69, 9.17) is 16.3 Å². The Labute approximate surface area is 165 Å². The summed E-state index contributed by atoms with van der Waals surface area (Å²) < 4.78 is 5.67.